The maximum absolute atomic E-state index is 8.72. The van der Waals surface area contributed by atoms with Crippen molar-refractivity contribution in [3.63, 3.8) is 0 Å². The molecule has 0 atom stereocenters. The van der Waals surface area contributed by atoms with Gasteiger partial charge in [0.1, 0.15) is 0 Å². The molecule has 1 aromatic rings. The molecule has 0 bridgehead atoms. The Morgan fingerprint density at radius 3 is 2.00 bits per heavy atom. The number of benzene rings is 1. The first-order valence-corrected chi connectivity index (χ1v) is 2.67. The van der Waals surface area contributed by atoms with Crippen molar-refractivity contribution in [2.45, 2.75) is 0 Å². The number of hydrogen-bond acceptors (Lipinski definition) is 0. The van der Waals surface area contributed by atoms with Crippen LogP contribution >= 0.6 is 0 Å². The third-order valence-corrected chi connectivity index (χ3v) is 1.07. The Kier molecular flexibility index (Phi) is 4.49. The predicted molar refractivity (Wildman–Crippen MR) is 38.1 cm³/mol. The second kappa shape index (κ2) is 4.58. The van der Waals surface area contributed by atoms with Crippen molar-refractivity contribution in [2.75, 3.05) is 0 Å². The minimum atomic E-state index is -0.129. The molecule has 2 N–H and O–H groups in total. The van der Waals surface area contributed by atoms with Gasteiger partial charge in [-0.25, -0.2) is 0 Å². The quantitative estimate of drug-likeness (QED) is 0.542. The third kappa shape index (κ3) is 2.59. The molecule has 0 aromatic heterocycles. The maximum atomic E-state index is 8.72. The molecule has 1 aromatic carbocycles. The zero-order valence-electron chi connectivity index (χ0n) is 5.49. The summed E-state index contributed by atoms with van der Waals surface area (Å²) in [6.07, 6.45) is 0. The molecule has 0 aliphatic heterocycles. The second-order valence-electron chi connectivity index (χ2n) is 1.75. The van der Waals surface area contributed by atoms with E-state index < -0.39 is 0 Å². The topological polar surface area (TPSA) is 48.3 Å². The monoisotopic (exact) mass is 208 g/mol. The predicted octanol–water partition coefficient (Wildman–Crippen LogP) is 0.959. The molecule has 0 unspecified atom stereocenters. The molecule has 0 spiro atoms. The summed E-state index contributed by atoms with van der Waals surface area (Å²) in [5.41, 5.74) is 5.75. The SMILES string of the molecule is [N-]=C(N)c1ccccc1.[Y]. The number of amidine groups is 1. The zero-order valence-corrected chi connectivity index (χ0v) is 8.33. The van der Waals surface area contributed by atoms with E-state index >= 15 is 0 Å². The Labute approximate surface area is 85.2 Å². The largest absolute Gasteiger partial charge is 0.494 e. The molecule has 0 aliphatic carbocycles. The van der Waals surface area contributed by atoms with E-state index in [9.17, 15) is 0 Å². The summed E-state index contributed by atoms with van der Waals surface area (Å²) in [6.45, 7) is 0. The van der Waals surface area contributed by atoms with Crippen LogP contribution in [-0.2, 0) is 32.7 Å². The molecule has 49 valence electrons. The van der Waals surface area contributed by atoms with Crippen LogP contribution in [0, 0.1) is 0 Å². The van der Waals surface area contributed by atoms with Gasteiger partial charge in [-0.15, -0.1) is 0 Å². The van der Waals surface area contributed by atoms with Gasteiger partial charge in [0.2, 0.25) is 0 Å². The number of nitrogens with zero attached hydrogens (tertiary/aromatic N) is 1. The smallest absolute Gasteiger partial charge is 0 e. The van der Waals surface area contributed by atoms with Gasteiger partial charge in [0.25, 0.3) is 0 Å². The normalized spacial score (nSPS) is 8.00. The van der Waals surface area contributed by atoms with Crippen LogP contribution in [0.1, 0.15) is 5.56 Å². The van der Waals surface area contributed by atoms with Crippen molar-refractivity contribution in [3.05, 3.63) is 41.3 Å². The Balaban J connectivity index is 0.000000810. The van der Waals surface area contributed by atoms with Gasteiger partial charge in [-0.3, -0.25) is 0 Å². The molecule has 0 saturated carbocycles. The summed E-state index contributed by atoms with van der Waals surface area (Å²) in [4.78, 5) is 0. The Bertz CT molecular complexity index is 208. The summed E-state index contributed by atoms with van der Waals surface area (Å²) in [7, 11) is 0. The van der Waals surface area contributed by atoms with Crippen LogP contribution in [0.4, 0.5) is 0 Å². The van der Waals surface area contributed by atoms with Crippen molar-refractivity contribution in [2.24, 2.45) is 5.73 Å². The van der Waals surface area contributed by atoms with E-state index in [1.54, 1.807) is 12.1 Å². The number of hydrogen-bond donors (Lipinski definition) is 1. The van der Waals surface area contributed by atoms with Crippen molar-refractivity contribution >= 4 is 5.84 Å². The molecule has 1 radical (unpaired) electrons. The van der Waals surface area contributed by atoms with Crippen LogP contribution < -0.4 is 5.73 Å². The summed E-state index contributed by atoms with van der Waals surface area (Å²) < 4.78 is 0. The summed E-state index contributed by atoms with van der Waals surface area (Å²) in [5.74, 6) is -0.129. The van der Waals surface area contributed by atoms with E-state index in [1.165, 1.54) is 0 Å². The maximum Gasteiger partial charge on any atom is 0 e. The Morgan fingerprint density at radius 2 is 1.70 bits per heavy atom. The molecule has 10 heavy (non-hydrogen) atoms. The van der Waals surface area contributed by atoms with Gasteiger partial charge in [0, 0.05) is 32.7 Å². The number of nitrogens with two attached hydrogens (primary N) is 1. The molecule has 0 heterocycles. The summed E-state index contributed by atoms with van der Waals surface area (Å²) in [6, 6.07) is 8.99. The molecule has 1 rings (SSSR count). The van der Waals surface area contributed by atoms with Crippen LogP contribution in [0.15, 0.2) is 30.3 Å². The fourth-order valence-corrected chi connectivity index (χ4v) is 0.609. The fourth-order valence-electron chi connectivity index (χ4n) is 0.609. The van der Waals surface area contributed by atoms with Gasteiger partial charge >= 0.3 is 0 Å². The average Bonchev–Trinajstić information content (AvgIpc) is 1.90. The summed E-state index contributed by atoms with van der Waals surface area (Å²) in [5, 5.41) is 8.72. The van der Waals surface area contributed by atoms with Gasteiger partial charge in [-0.2, -0.15) is 0 Å². The fraction of sp³-hybridized carbons (Fsp3) is 0. The van der Waals surface area contributed by atoms with Gasteiger partial charge < -0.3 is 11.1 Å². The average molecular weight is 208 g/mol. The van der Waals surface area contributed by atoms with Gasteiger partial charge in [-0.1, -0.05) is 36.2 Å². The van der Waals surface area contributed by atoms with E-state index in [-0.39, 0.29) is 38.5 Å². The Hall–Kier alpha value is -0.206. The third-order valence-electron chi connectivity index (χ3n) is 1.07. The van der Waals surface area contributed by atoms with E-state index in [0.29, 0.717) is 5.56 Å². The van der Waals surface area contributed by atoms with Crippen molar-refractivity contribution in [1.29, 1.82) is 0 Å². The molecule has 0 aliphatic rings. The van der Waals surface area contributed by atoms with Crippen LogP contribution in [0.5, 0.6) is 0 Å². The molecule has 0 fully saturated rings. The molecular weight excluding hydrogens is 201 g/mol. The Morgan fingerprint density at radius 1 is 1.20 bits per heavy atom. The first kappa shape index (κ1) is 9.79. The summed E-state index contributed by atoms with van der Waals surface area (Å²) >= 11 is 0. The standard InChI is InChI=1S/C7H7N2.Y/c8-7(9)6-4-2-1-3-5-6;/h1-5H,(H2-,8,9);/q-1;. The molecule has 2 nitrogen and oxygen atoms in total. The van der Waals surface area contributed by atoms with E-state index in [0.717, 1.165) is 0 Å². The van der Waals surface area contributed by atoms with E-state index in [1.807, 2.05) is 18.2 Å². The second-order valence-corrected chi connectivity index (χ2v) is 1.75. The molecule has 3 heteroatoms. The molecular formula is C7H7N2Y-. The minimum absolute atomic E-state index is 0. The minimum Gasteiger partial charge on any atom is -0.494 e. The van der Waals surface area contributed by atoms with Gasteiger partial charge in [0.05, 0.1) is 0 Å². The molecule has 0 saturated heterocycles. The van der Waals surface area contributed by atoms with Gasteiger partial charge in [-0.05, 0) is 5.56 Å². The van der Waals surface area contributed by atoms with Crippen molar-refractivity contribution < 1.29 is 32.7 Å². The van der Waals surface area contributed by atoms with Crippen molar-refractivity contribution in [3.8, 4) is 0 Å². The van der Waals surface area contributed by atoms with Crippen LogP contribution in [-0.4, -0.2) is 5.84 Å². The first-order chi connectivity index (χ1) is 4.30. The zero-order chi connectivity index (χ0) is 6.69. The van der Waals surface area contributed by atoms with Crippen LogP contribution in [0.2, 0.25) is 0 Å². The van der Waals surface area contributed by atoms with Crippen LogP contribution in [0.25, 0.3) is 5.41 Å². The molecule has 0 amide bonds. The van der Waals surface area contributed by atoms with Crippen LogP contribution in [0.3, 0.4) is 0 Å². The number of rotatable bonds is 1. The van der Waals surface area contributed by atoms with E-state index in [4.69, 9.17) is 11.1 Å². The van der Waals surface area contributed by atoms with Crippen molar-refractivity contribution in [1.82, 2.24) is 0 Å². The van der Waals surface area contributed by atoms with E-state index in [2.05, 4.69) is 0 Å². The van der Waals surface area contributed by atoms with Gasteiger partial charge in [0.15, 0.2) is 0 Å². The first-order valence-electron chi connectivity index (χ1n) is 2.67.